The van der Waals surface area contributed by atoms with Crippen LogP contribution in [0.2, 0.25) is 0 Å². The van der Waals surface area contributed by atoms with Crippen molar-refractivity contribution in [3.05, 3.63) is 59.7 Å². The van der Waals surface area contributed by atoms with E-state index in [1.165, 1.54) is 6.92 Å². The third-order valence-corrected chi connectivity index (χ3v) is 5.88. The van der Waals surface area contributed by atoms with Gasteiger partial charge in [0.05, 0.1) is 28.8 Å². The molecule has 0 aliphatic rings. The summed E-state index contributed by atoms with van der Waals surface area (Å²) >= 11 is 0. The Morgan fingerprint density at radius 2 is 1.50 bits per heavy atom. The average Bonchev–Trinajstić information content (AvgIpc) is 2.90. The molecule has 0 heterocycles. The first-order valence-corrected chi connectivity index (χ1v) is 14.7. The summed E-state index contributed by atoms with van der Waals surface area (Å²) in [6.07, 6.45) is 1.17. The van der Waals surface area contributed by atoms with Crippen LogP contribution in [-0.4, -0.2) is 50.4 Å². The van der Waals surface area contributed by atoms with Gasteiger partial charge in [0.1, 0.15) is 17.5 Å². The molecule has 0 aliphatic heterocycles. The minimum Gasteiger partial charge on any atom is -0.497 e. The average molecular weight is 565 g/mol. The first-order valence-electron chi connectivity index (χ1n) is 12.0. The fraction of sp³-hybridized carbons (Fsp3) is 0.385. The van der Waals surface area contributed by atoms with Gasteiger partial charge >= 0.3 is 18.1 Å². The van der Waals surface area contributed by atoms with Crippen LogP contribution in [-0.2, 0) is 41.2 Å². The number of carbonyl (C=O) groups excluding carboxylic acids is 4. The molecular weight excluding hydrogens is 532 g/mol. The highest BCUT2D eigenvalue weighted by Gasteiger charge is 2.23. The van der Waals surface area contributed by atoms with Gasteiger partial charge in [-0.05, 0) is 54.7 Å². The summed E-state index contributed by atoms with van der Waals surface area (Å²) in [7, 11) is 3.79. The summed E-state index contributed by atoms with van der Waals surface area (Å²) < 4.78 is 25.2. The fourth-order valence-electron chi connectivity index (χ4n) is 3.27. The third kappa shape index (κ3) is 12.3. The first-order chi connectivity index (χ1) is 18.3. The van der Waals surface area contributed by atoms with Gasteiger partial charge in [0, 0.05) is 19.8 Å². The number of hydrogen-bond donors (Lipinski definition) is 1. The summed E-state index contributed by atoms with van der Waals surface area (Å²) in [5.74, 6) is -0.152. The Morgan fingerprint density at radius 3 is 2.11 bits per heavy atom. The van der Waals surface area contributed by atoms with Crippen LogP contribution in [0.5, 0.6) is 11.5 Å². The number of amides is 1. The van der Waals surface area contributed by atoms with Gasteiger partial charge in [-0.1, -0.05) is 33.2 Å². The molecule has 3 unspecified atom stereocenters. The Hall–Kier alpha value is -3.22. The number of rotatable bonds is 15. The standard InChI is InChI=1S/C26H33NO9P2/c1-18(28)33-15-3-4-16-34-26(31)35-22-12-7-20(8-13-22)17-23(25(30)36-38-37)27-24(29)14-9-19-5-10-21(32-2)11-6-19/h5-8,10-13,23,38H,3-4,9,14-17,37H2,1-2H3,(H,27,29). The topological polar surface area (TPSA) is 126 Å². The minimum atomic E-state index is -0.866. The normalized spacial score (nSPS) is 11.4. The van der Waals surface area contributed by atoms with Crippen molar-refractivity contribution >= 4 is 41.4 Å². The van der Waals surface area contributed by atoms with Gasteiger partial charge in [-0.25, -0.2) is 9.59 Å². The molecule has 0 aromatic heterocycles. The lowest BCUT2D eigenvalue weighted by molar-refractivity contribution is -0.141. The predicted molar refractivity (Wildman–Crippen MR) is 145 cm³/mol. The zero-order valence-corrected chi connectivity index (χ0v) is 23.6. The molecule has 1 amide bonds. The third-order valence-electron chi connectivity index (χ3n) is 5.21. The van der Waals surface area contributed by atoms with E-state index in [0.717, 1.165) is 16.9 Å². The molecule has 38 heavy (non-hydrogen) atoms. The van der Waals surface area contributed by atoms with Crippen molar-refractivity contribution in [2.75, 3.05) is 20.3 Å². The molecule has 0 spiro atoms. The Morgan fingerprint density at radius 1 is 0.895 bits per heavy atom. The number of benzene rings is 2. The number of ether oxygens (including phenoxy) is 4. The summed E-state index contributed by atoms with van der Waals surface area (Å²) in [6.45, 7) is 1.73. The van der Waals surface area contributed by atoms with E-state index in [-0.39, 0.29) is 52.2 Å². The number of hydrogen-bond acceptors (Lipinski definition) is 9. The smallest absolute Gasteiger partial charge is 0.497 e. The molecule has 1 N–H and O–H groups in total. The highest BCUT2D eigenvalue weighted by molar-refractivity contribution is 8.00. The summed E-state index contributed by atoms with van der Waals surface area (Å²) in [4.78, 5) is 47.6. The lowest BCUT2D eigenvalue weighted by Gasteiger charge is -2.17. The maximum absolute atomic E-state index is 12.6. The highest BCUT2D eigenvalue weighted by Crippen LogP contribution is 2.23. The molecule has 0 fully saturated rings. The van der Waals surface area contributed by atoms with Gasteiger partial charge in [0.15, 0.2) is 0 Å². The zero-order valence-electron chi connectivity index (χ0n) is 21.4. The molecule has 206 valence electrons. The van der Waals surface area contributed by atoms with Crippen LogP contribution in [0.1, 0.15) is 37.3 Å². The van der Waals surface area contributed by atoms with E-state index < -0.39 is 18.2 Å². The molecule has 0 saturated carbocycles. The van der Waals surface area contributed by atoms with Crippen molar-refractivity contribution in [1.29, 1.82) is 0 Å². The monoisotopic (exact) mass is 565 g/mol. The molecule has 12 heteroatoms. The van der Waals surface area contributed by atoms with Crippen molar-refractivity contribution < 1.29 is 42.6 Å². The summed E-state index contributed by atoms with van der Waals surface area (Å²) in [5, 5.41) is 2.76. The fourth-order valence-corrected chi connectivity index (χ4v) is 3.88. The molecule has 0 aliphatic carbocycles. The molecule has 0 saturated heterocycles. The predicted octanol–water partition coefficient (Wildman–Crippen LogP) is 4.14. The van der Waals surface area contributed by atoms with Crippen LogP contribution < -0.4 is 14.8 Å². The SMILES string of the molecule is COc1ccc(CCC(=O)NC(Cc2ccc(OC(=O)OCCCCOC(C)=O)cc2)C(=O)OPP)cc1. The van der Waals surface area contributed by atoms with Gasteiger partial charge < -0.3 is 28.8 Å². The highest BCUT2D eigenvalue weighted by atomic mass is 32.0. The van der Waals surface area contributed by atoms with Crippen LogP contribution in [0.4, 0.5) is 4.79 Å². The lowest BCUT2D eigenvalue weighted by atomic mass is 10.0. The van der Waals surface area contributed by atoms with E-state index in [0.29, 0.717) is 19.3 Å². The Balaban J connectivity index is 1.83. The first kappa shape index (κ1) is 31.0. The quantitative estimate of drug-likeness (QED) is 0.111. The Labute approximate surface area is 226 Å². The second-order valence-electron chi connectivity index (χ2n) is 8.10. The molecular formula is C26H33NO9P2. The van der Waals surface area contributed by atoms with Crippen molar-refractivity contribution in [1.82, 2.24) is 5.32 Å². The van der Waals surface area contributed by atoms with Crippen LogP contribution in [0, 0.1) is 0 Å². The molecule has 2 aromatic rings. The van der Waals surface area contributed by atoms with E-state index in [2.05, 4.69) is 14.2 Å². The van der Waals surface area contributed by atoms with E-state index in [1.54, 1.807) is 31.4 Å². The Kier molecular flexibility index (Phi) is 14.1. The number of nitrogens with one attached hydrogen (secondary N) is 1. The van der Waals surface area contributed by atoms with E-state index in [9.17, 15) is 19.2 Å². The number of carbonyl (C=O) groups is 4. The zero-order chi connectivity index (χ0) is 27.8. The molecule has 3 atom stereocenters. The van der Waals surface area contributed by atoms with Crippen molar-refractivity contribution in [2.45, 2.75) is 45.1 Å². The largest absolute Gasteiger partial charge is 0.513 e. The van der Waals surface area contributed by atoms with Gasteiger partial charge in [0.2, 0.25) is 5.91 Å². The molecule has 2 aromatic carbocycles. The van der Waals surface area contributed by atoms with Gasteiger partial charge in [-0.2, -0.15) is 0 Å². The van der Waals surface area contributed by atoms with Gasteiger partial charge in [-0.3, -0.25) is 9.59 Å². The van der Waals surface area contributed by atoms with Gasteiger partial charge in [-0.15, -0.1) is 0 Å². The second kappa shape index (κ2) is 17.3. The van der Waals surface area contributed by atoms with E-state index >= 15 is 0 Å². The number of unbranched alkanes of at least 4 members (excludes halogenated alkanes) is 1. The van der Waals surface area contributed by atoms with E-state index in [1.807, 2.05) is 24.3 Å². The Bertz CT molecular complexity index is 1050. The van der Waals surface area contributed by atoms with Gasteiger partial charge in [0.25, 0.3) is 0 Å². The summed E-state index contributed by atoms with van der Waals surface area (Å²) in [6, 6.07) is 13.1. The number of aryl methyl sites for hydroxylation is 1. The second-order valence-corrected chi connectivity index (χ2v) is 9.25. The van der Waals surface area contributed by atoms with E-state index in [4.69, 9.17) is 23.5 Å². The molecule has 0 radical (unpaired) electrons. The van der Waals surface area contributed by atoms with Crippen molar-refractivity contribution in [3.63, 3.8) is 0 Å². The minimum absolute atomic E-state index is 0.131. The number of methoxy groups -OCH3 is 1. The van der Waals surface area contributed by atoms with Crippen LogP contribution in [0.15, 0.2) is 48.5 Å². The van der Waals surface area contributed by atoms with Crippen LogP contribution in [0.25, 0.3) is 0 Å². The maximum atomic E-state index is 12.6. The molecule has 0 bridgehead atoms. The lowest BCUT2D eigenvalue weighted by Crippen LogP contribution is -2.42. The van der Waals surface area contributed by atoms with Crippen LogP contribution in [0.3, 0.4) is 0 Å². The number of esters is 1. The van der Waals surface area contributed by atoms with Crippen molar-refractivity contribution in [3.8, 4) is 11.5 Å². The summed E-state index contributed by atoms with van der Waals surface area (Å²) in [5.41, 5.74) is 1.71. The van der Waals surface area contributed by atoms with Crippen LogP contribution >= 0.6 is 17.4 Å². The molecule has 2 rings (SSSR count). The van der Waals surface area contributed by atoms with Crippen molar-refractivity contribution in [2.24, 2.45) is 0 Å². The maximum Gasteiger partial charge on any atom is 0.513 e. The molecule has 10 nitrogen and oxygen atoms in total.